The van der Waals surface area contributed by atoms with Gasteiger partial charge in [0.25, 0.3) is 0 Å². The molecule has 0 fully saturated rings. The molecule has 0 aliphatic heterocycles. The number of carbonyl (C=O) groups is 1. The molecule has 0 rings (SSSR count). The largest absolute Gasteiger partial charge is 0.378 e. The molecule has 0 saturated heterocycles. The number of rotatable bonds is 20. The predicted molar refractivity (Wildman–Crippen MR) is 117 cm³/mol. The summed E-state index contributed by atoms with van der Waals surface area (Å²) in [6.07, 6.45) is 3.70. The zero-order chi connectivity index (χ0) is 21.0. The fourth-order valence-corrected chi connectivity index (χ4v) is 2.96. The summed E-state index contributed by atoms with van der Waals surface area (Å²) >= 11 is 1.77. The van der Waals surface area contributed by atoms with Crippen LogP contribution in [0.5, 0.6) is 0 Å². The van der Waals surface area contributed by atoms with Gasteiger partial charge in [-0.3, -0.25) is 4.79 Å². The highest BCUT2D eigenvalue weighted by Crippen LogP contribution is 2.08. The van der Waals surface area contributed by atoms with Crippen molar-refractivity contribution in [3.8, 4) is 0 Å². The molecule has 0 aliphatic carbocycles. The van der Waals surface area contributed by atoms with Crippen LogP contribution in [-0.4, -0.2) is 70.4 Å². The molecule has 0 aromatic rings. The molecule has 1 N–H and O–H groups in total. The van der Waals surface area contributed by atoms with Gasteiger partial charge in [0.15, 0.2) is 0 Å². The van der Waals surface area contributed by atoms with E-state index < -0.39 is 0 Å². The van der Waals surface area contributed by atoms with Crippen molar-refractivity contribution in [2.24, 2.45) is 11.8 Å². The second-order valence-corrected chi connectivity index (χ2v) is 8.57. The number of amides is 1. The number of hydrogen-bond acceptors (Lipinski definition) is 6. The topological polar surface area (TPSA) is 66.0 Å². The molecule has 0 heterocycles. The number of carbonyl (C=O) groups excluding carboxylic acids is 1. The first kappa shape index (κ1) is 27.7. The molecule has 0 saturated carbocycles. The number of methoxy groups -OCH3 is 1. The van der Waals surface area contributed by atoms with E-state index in [4.69, 9.17) is 18.9 Å². The number of nitrogens with one attached hydrogen (secondary N) is 1. The minimum absolute atomic E-state index is 0.0158. The second-order valence-electron chi connectivity index (χ2n) is 7.34. The van der Waals surface area contributed by atoms with E-state index in [1.807, 2.05) is 0 Å². The lowest BCUT2D eigenvalue weighted by Gasteiger charge is -2.20. The van der Waals surface area contributed by atoms with Gasteiger partial charge in [-0.25, -0.2) is 0 Å². The smallest absolute Gasteiger partial charge is 0.222 e. The van der Waals surface area contributed by atoms with Crippen LogP contribution in [0.3, 0.4) is 0 Å². The Hall–Kier alpha value is -0.340. The van der Waals surface area contributed by atoms with Crippen LogP contribution in [0.25, 0.3) is 0 Å². The van der Waals surface area contributed by atoms with Gasteiger partial charge in [0.2, 0.25) is 5.91 Å². The molecule has 0 bridgehead atoms. The third kappa shape index (κ3) is 17.7. The maximum Gasteiger partial charge on any atom is 0.222 e. The Morgan fingerprint density at radius 2 is 1.57 bits per heavy atom. The van der Waals surface area contributed by atoms with Crippen LogP contribution in [0.15, 0.2) is 0 Å². The average Bonchev–Trinajstić information content (AvgIpc) is 2.70. The molecular weight excluding hydrogens is 378 g/mol. The quantitative estimate of drug-likeness (QED) is 0.239. The van der Waals surface area contributed by atoms with Gasteiger partial charge in [-0.05, 0) is 24.0 Å². The lowest BCUT2D eigenvalue weighted by atomic mass is 10.1. The lowest BCUT2D eigenvalue weighted by molar-refractivity contribution is -0.122. The van der Waals surface area contributed by atoms with Crippen molar-refractivity contribution in [2.45, 2.75) is 59.5 Å². The summed E-state index contributed by atoms with van der Waals surface area (Å²) in [6.45, 7) is 12.4. The van der Waals surface area contributed by atoms with Crippen LogP contribution in [-0.2, 0) is 23.7 Å². The SMILES string of the molecule is CCC(C)COCC(COCC(C)CC)OCCCSCCC(=O)NCOC. The zero-order valence-electron chi connectivity index (χ0n) is 18.7. The van der Waals surface area contributed by atoms with Gasteiger partial charge in [0, 0.05) is 39.1 Å². The molecule has 1 amide bonds. The van der Waals surface area contributed by atoms with Gasteiger partial charge in [0.05, 0.1) is 13.2 Å². The zero-order valence-corrected chi connectivity index (χ0v) is 19.5. The fraction of sp³-hybridized carbons (Fsp3) is 0.952. The van der Waals surface area contributed by atoms with E-state index in [2.05, 4.69) is 33.0 Å². The van der Waals surface area contributed by atoms with Gasteiger partial charge >= 0.3 is 0 Å². The Balaban J connectivity index is 3.90. The van der Waals surface area contributed by atoms with Crippen molar-refractivity contribution in [3.05, 3.63) is 0 Å². The average molecular weight is 422 g/mol. The Morgan fingerprint density at radius 1 is 0.964 bits per heavy atom. The third-order valence-electron chi connectivity index (χ3n) is 4.48. The van der Waals surface area contributed by atoms with Gasteiger partial charge in [-0.2, -0.15) is 11.8 Å². The van der Waals surface area contributed by atoms with E-state index in [1.54, 1.807) is 18.9 Å². The summed E-state index contributed by atoms with van der Waals surface area (Å²) in [7, 11) is 1.56. The van der Waals surface area contributed by atoms with Crippen molar-refractivity contribution in [3.63, 3.8) is 0 Å². The Bertz CT molecular complexity index is 344. The van der Waals surface area contributed by atoms with Crippen LogP contribution in [0.4, 0.5) is 0 Å². The summed E-state index contributed by atoms with van der Waals surface area (Å²) in [5, 5.41) is 2.69. The maximum atomic E-state index is 11.5. The molecule has 2 unspecified atom stereocenters. The van der Waals surface area contributed by atoms with Crippen molar-refractivity contribution < 1.29 is 23.7 Å². The molecule has 6 nitrogen and oxygen atoms in total. The monoisotopic (exact) mass is 421 g/mol. The fourth-order valence-electron chi connectivity index (χ4n) is 2.10. The van der Waals surface area contributed by atoms with Crippen LogP contribution in [0, 0.1) is 11.8 Å². The minimum Gasteiger partial charge on any atom is -0.378 e. The van der Waals surface area contributed by atoms with Gasteiger partial charge < -0.3 is 24.3 Å². The van der Waals surface area contributed by atoms with Gasteiger partial charge in [-0.15, -0.1) is 0 Å². The molecule has 0 aromatic heterocycles. The number of hydrogen-bond donors (Lipinski definition) is 1. The summed E-state index contributed by atoms with van der Waals surface area (Å²) < 4.78 is 22.5. The summed E-state index contributed by atoms with van der Waals surface area (Å²) in [6, 6.07) is 0. The summed E-state index contributed by atoms with van der Waals surface area (Å²) in [5.41, 5.74) is 0. The van der Waals surface area contributed by atoms with Crippen molar-refractivity contribution in [2.75, 3.05) is 58.4 Å². The molecule has 28 heavy (non-hydrogen) atoms. The van der Waals surface area contributed by atoms with Crippen molar-refractivity contribution >= 4 is 17.7 Å². The summed E-state index contributed by atoms with van der Waals surface area (Å²) in [5.74, 6) is 2.96. The van der Waals surface area contributed by atoms with Gasteiger partial charge in [0.1, 0.15) is 12.8 Å². The Kier molecular flexibility index (Phi) is 19.7. The van der Waals surface area contributed by atoms with Crippen LogP contribution >= 0.6 is 11.8 Å². The van der Waals surface area contributed by atoms with E-state index in [0.29, 0.717) is 38.1 Å². The number of thioether (sulfide) groups is 1. The second kappa shape index (κ2) is 20.0. The van der Waals surface area contributed by atoms with Crippen LogP contribution in [0.2, 0.25) is 0 Å². The predicted octanol–water partition coefficient (Wildman–Crippen LogP) is 3.73. The van der Waals surface area contributed by atoms with E-state index in [1.165, 1.54) is 0 Å². The molecule has 0 radical (unpaired) electrons. The minimum atomic E-state index is -0.0158. The first-order valence-corrected chi connectivity index (χ1v) is 11.8. The normalized spacial score (nSPS) is 14.6. The highest BCUT2D eigenvalue weighted by Gasteiger charge is 2.12. The lowest BCUT2D eigenvalue weighted by Crippen LogP contribution is -2.28. The van der Waals surface area contributed by atoms with Crippen molar-refractivity contribution in [1.29, 1.82) is 0 Å². The van der Waals surface area contributed by atoms with Crippen LogP contribution < -0.4 is 5.32 Å². The third-order valence-corrected chi connectivity index (χ3v) is 5.55. The molecule has 0 aromatic carbocycles. The van der Waals surface area contributed by atoms with E-state index in [9.17, 15) is 4.79 Å². The molecule has 0 aliphatic rings. The van der Waals surface area contributed by atoms with E-state index >= 15 is 0 Å². The van der Waals surface area contributed by atoms with Crippen molar-refractivity contribution in [1.82, 2.24) is 5.32 Å². The first-order chi connectivity index (χ1) is 13.5. The molecular formula is C21H43NO5S. The molecule has 7 heteroatoms. The first-order valence-electron chi connectivity index (χ1n) is 10.6. The Labute approximate surface area is 176 Å². The molecule has 0 spiro atoms. The molecule has 168 valence electrons. The maximum absolute atomic E-state index is 11.5. The Morgan fingerprint density at radius 3 is 2.11 bits per heavy atom. The number of ether oxygens (including phenoxy) is 4. The van der Waals surface area contributed by atoms with Crippen LogP contribution in [0.1, 0.15) is 53.4 Å². The van der Waals surface area contributed by atoms with E-state index in [-0.39, 0.29) is 18.7 Å². The highest BCUT2D eigenvalue weighted by atomic mass is 32.2. The van der Waals surface area contributed by atoms with Gasteiger partial charge in [-0.1, -0.05) is 40.5 Å². The standard InChI is InChI=1S/C21H43NO5S/c1-6-18(3)13-25-15-20(16-26-14-19(4)7-2)27-10-8-11-28-12-9-21(23)22-17-24-5/h18-20H,6-17H2,1-5H3,(H,22,23). The molecule has 2 atom stereocenters. The van der Waals surface area contributed by atoms with E-state index in [0.717, 1.165) is 44.0 Å². The summed E-state index contributed by atoms with van der Waals surface area (Å²) in [4.78, 5) is 11.5. The highest BCUT2D eigenvalue weighted by molar-refractivity contribution is 7.99.